The summed E-state index contributed by atoms with van der Waals surface area (Å²) in [6.07, 6.45) is 3.18. The monoisotopic (exact) mass is 384 g/mol. The molecule has 0 radical (unpaired) electrons. The van der Waals surface area contributed by atoms with Crippen LogP contribution in [-0.4, -0.2) is 12.9 Å². The second-order valence-electron chi connectivity index (χ2n) is 4.21. The first kappa shape index (κ1) is 16.1. The fraction of sp³-hybridized carbons (Fsp3) is 0.0625. The molecule has 0 amide bonds. The van der Waals surface area contributed by atoms with Crippen molar-refractivity contribution in [2.24, 2.45) is 0 Å². The number of allylic oxidation sites excluding steroid dienone is 1. The van der Waals surface area contributed by atoms with Gasteiger partial charge < -0.3 is 4.74 Å². The maximum absolute atomic E-state index is 12.2. The zero-order valence-electron chi connectivity index (χ0n) is 11.1. The topological polar surface area (TPSA) is 26.3 Å². The third-order valence-electron chi connectivity index (χ3n) is 2.81. The molecule has 2 nitrogen and oxygen atoms in total. The van der Waals surface area contributed by atoms with Gasteiger partial charge in [-0.05, 0) is 54.1 Å². The summed E-state index contributed by atoms with van der Waals surface area (Å²) in [5, 5.41) is 0.831. The first-order chi connectivity index (χ1) is 10.0. The number of halogens is 3. The van der Waals surface area contributed by atoms with Gasteiger partial charge in [-0.1, -0.05) is 39.1 Å². The first-order valence-corrected chi connectivity index (χ1v) is 7.57. The van der Waals surface area contributed by atoms with Crippen LogP contribution in [0.4, 0.5) is 0 Å². The van der Waals surface area contributed by atoms with Crippen molar-refractivity contribution in [3.8, 4) is 5.75 Å². The second-order valence-corrected chi connectivity index (χ2v) is 5.91. The first-order valence-electron chi connectivity index (χ1n) is 6.02. The van der Waals surface area contributed by atoms with Gasteiger partial charge >= 0.3 is 0 Å². The van der Waals surface area contributed by atoms with Gasteiger partial charge in [0.15, 0.2) is 5.78 Å². The molecular weight excluding hydrogens is 375 g/mol. The molecule has 0 bridgehead atoms. The van der Waals surface area contributed by atoms with Crippen LogP contribution in [0.5, 0.6) is 5.75 Å². The van der Waals surface area contributed by atoms with Crippen molar-refractivity contribution in [1.29, 1.82) is 0 Å². The minimum Gasteiger partial charge on any atom is -0.497 e. The predicted octanol–water partition coefficient (Wildman–Crippen LogP) is 5.66. The van der Waals surface area contributed by atoms with Gasteiger partial charge in [0.05, 0.1) is 12.1 Å². The molecule has 2 aromatic carbocycles. The van der Waals surface area contributed by atoms with Crippen molar-refractivity contribution in [2.75, 3.05) is 7.11 Å². The highest BCUT2D eigenvalue weighted by Crippen LogP contribution is 2.25. The number of carbonyl (C=O) groups excluding carboxylic acids is 1. The van der Waals surface area contributed by atoms with Gasteiger partial charge in [-0.2, -0.15) is 0 Å². The summed E-state index contributed by atoms with van der Waals surface area (Å²) in [6.45, 7) is 0. The molecule has 0 aliphatic rings. The summed E-state index contributed by atoms with van der Waals surface area (Å²) in [5.74, 6) is 0.529. The lowest BCUT2D eigenvalue weighted by molar-refractivity contribution is 0.104. The van der Waals surface area contributed by atoms with E-state index < -0.39 is 0 Å². The van der Waals surface area contributed by atoms with Gasteiger partial charge in [-0.15, -0.1) is 0 Å². The van der Waals surface area contributed by atoms with Crippen LogP contribution in [0, 0.1) is 0 Å². The van der Waals surface area contributed by atoms with E-state index in [4.69, 9.17) is 27.9 Å². The molecule has 0 unspecified atom stereocenters. The van der Waals surface area contributed by atoms with E-state index in [2.05, 4.69) is 15.9 Å². The summed E-state index contributed by atoms with van der Waals surface area (Å²) < 4.78 is 6.03. The highest BCUT2D eigenvalue weighted by molar-refractivity contribution is 9.10. The van der Waals surface area contributed by atoms with Gasteiger partial charge in [0.1, 0.15) is 5.75 Å². The lowest BCUT2D eigenvalue weighted by atomic mass is 10.1. The van der Waals surface area contributed by atoms with E-state index in [-0.39, 0.29) is 5.78 Å². The van der Waals surface area contributed by atoms with E-state index in [9.17, 15) is 4.79 Å². The van der Waals surface area contributed by atoms with E-state index >= 15 is 0 Å². The zero-order valence-corrected chi connectivity index (χ0v) is 14.2. The fourth-order valence-electron chi connectivity index (χ4n) is 1.72. The standard InChI is InChI=1S/C16H11BrCl2O2/c1-21-12-4-6-14(17)10(8-12)2-7-16(20)13-5-3-11(18)9-15(13)19/h2-9H,1H3/b7-2+. The van der Waals surface area contributed by atoms with Crippen molar-refractivity contribution in [3.63, 3.8) is 0 Å². The molecule has 0 atom stereocenters. The molecule has 0 saturated carbocycles. The molecule has 0 saturated heterocycles. The molecular formula is C16H11BrCl2O2. The summed E-state index contributed by atoms with van der Waals surface area (Å²) in [7, 11) is 1.59. The molecule has 0 aliphatic heterocycles. The smallest absolute Gasteiger partial charge is 0.187 e. The molecule has 2 rings (SSSR count). The number of rotatable bonds is 4. The molecule has 0 heterocycles. The zero-order chi connectivity index (χ0) is 15.4. The highest BCUT2D eigenvalue weighted by atomic mass is 79.9. The molecule has 0 aliphatic carbocycles. The van der Waals surface area contributed by atoms with E-state index in [0.717, 1.165) is 15.8 Å². The quantitative estimate of drug-likeness (QED) is 0.501. The number of benzene rings is 2. The Morgan fingerprint density at radius 2 is 1.95 bits per heavy atom. The third kappa shape index (κ3) is 4.10. The number of hydrogen-bond donors (Lipinski definition) is 0. The lowest BCUT2D eigenvalue weighted by Crippen LogP contribution is -1.95. The minimum atomic E-state index is -0.189. The predicted molar refractivity (Wildman–Crippen MR) is 90.5 cm³/mol. The van der Waals surface area contributed by atoms with E-state index in [1.165, 1.54) is 6.08 Å². The normalized spacial score (nSPS) is 10.9. The van der Waals surface area contributed by atoms with E-state index in [1.54, 1.807) is 31.4 Å². The van der Waals surface area contributed by atoms with Crippen LogP contribution < -0.4 is 4.74 Å². The summed E-state index contributed by atoms with van der Waals surface area (Å²) >= 11 is 15.3. The molecule has 21 heavy (non-hydrogen) atoms. The Balaban J connectivity index is 2.26. The molecule has 2 aromatic rings. The van der Waals surface area contributed by atoms with Crippen molar-refractivity contribution in [1.82, 2.24) is 0 Å². The summed E-state index contributed by atoms with van der Waals surface area (Å²) in [4.78, 5) is 12.2. The van der Waals surface area contributed by atoms with Crippen LogP contribution in [0.25, 0.3) is 6.08 Å². The number of ether oxygens (including phenoxy) is 1. The molecule has 0 fully saturated rings. The number of methoxy groups -OCH3 is 1. The average Bonchev–Trinajstić information content (AvgIpc) is 2.46. The van der Waals surface area contributed by atoms with E-state index in [0.29, 0.717) is 15.6 Å². The summed E-state index contributed by atoms with van der Waals surface area (Å²) in [5.41, 5.74) is 1.25. The van der Waals surface area contributed by atoms with Gasteiger partial charge in [-0.25, -0.2) is 0 Å². The number of carbonyl (C=O) groups is 1. The Morgan fingerprint density at radius 1 is 1.19 bits per heavy atom. The van der Waals surface area contributed by atoms with Gasteiger partial charge in [0.25, 0.3) is 0 Å². The Kier molecular flexibility index (Phi) is 5.45. The maximum Gasteiger partial charge on any atom is 0.187 e. The molecule has 108 valence electrons. The van der Waals surface area contributed by atoms with Crippen LogP contribution in [0.3, 0.4) is 0 Å². The van der Waals surface area contributed by atoms with E-state index in [1.807, 2.05) is 18.2 Å². The molecule has 0 spiro atoms. The van der Waals surface area contributed by atoms with Crippen molar-refractivity contribution < 1.29 is 9.53 Å². The van der Waals surface area contributed by atoms with Crippen LogP contribution in [0.2, 0.25) is 10.0 Å². The Labute approximate surface area is 141 Å². The van der Waals surface area contributed by atoms with Gasteiger partial charge in [0.2, 0.25) is 0 Å². The van der Waals surface area contributed by atoms with Crippen molar-refractivity contribution in [2.45, 2.75) is 0 Å². The molecule has 0 N–H and O–H groups in total. The van der Waals surface area contributed by atoms with Gasteiger partial charge in [-0.3, -0.25) is 4.79 Å². The van der Waals surface area contributed by atoms with Crippen LogP contribution in [0.1, 0.15) is 15.9 Å². The average molecular weight is 386 g/mol. The fourth-order valence-corrected chi connectivity index (χ4v) is 2.60. The summed E-state index contributed by atoms with van der Waals surface area (Å²) in [6, 6.07) is 10.3. The van der Waals surface area contributed by atoms with Gasteiger partial charge in [0, 0.05) is 15.1 Å². The Hall–Kier alpha value is -1.29. The highest BCUT2D eigenvalue weighted by Gasteiger charge is 2.08. The Bertz CT molecular complexity index is 711. The largest absolute Gasteiger partial charge is 0.497 e. The lowest BCUT2D eigenvalue weighted by Gasteiger charge is -2.04. The molecule has 0 aromatic heterocycles. The van der Waals surface area contributed by atoms with Crippen molar-refractivity contribution >= 4 is 51.0 Å². The number of hydrogen-bond acceptors (Lipinski definition) is 2. The van der Waals surface area contributed by atoms with Crippen molar-refractivity contribution in [3.05, 3.63) is 68.1 Å². The van der Waals surface area contributed by atoms with Crippen LogP contribution in [-0.2, 0) is 0 Å². The minimum absolute atomic E-state index is 0.189. The maximum atomic E-state index is 12.2. The molecule has 5 heteroatoms. The Morgan fingerprint density at radius 3 is 2.62 bits per heavy atom. The number of ketones is 1. The van der Waals surface area contributed by atoms with Crippen LogP contribution >= 0.6 is 39.1 Å². The second kappa shape index (κ2) is 7.12. The third-order valence-corrected chi connectivity index (χ3v) is 4.08. The SMILES string of the molecule is COc1ccc(Br)c(/C=C/C(=O)c2ccc(Cl)cc2Cl)c1. The van der Waals surface area contributed by atoms with Crippen LogP contribution in [0.15, 0.2) is 46.9 Å².